The van der Waals surface area contributed by atoms with Crippen LogP contribution in [0, 0.1) is 5.82 Å². The molecule has 0 aliphatic heterocycles. The number of hydrogen-bond acceptors (Lipinski definition) is 3. The number of rotatable bonds is 3. The monoisotopic (exact) mass is 253 g/mol. The highest BCUT2D eigenvalue weighted by Gasteiger charge is 2.24. The molecule has 1 aromatic rings. The number of benzene rings is 1. The van der Waals surface area contributed by atoms with Gasteiger partial charge in [0.1, 0.15) is 17.5 Å². The molecule has 0 saturated carbocycles. The summed E-state index contributed by atoms with van der Waals surface area (Å²) >= 11 is 0. The highest BCUT2D eigenvalue weighted by Crippen LogP contribution is 2.18. The Morgan fingerprint density at radius 2 is 1.78 bits per heavy atom. The van der Waals surface area contributed by atoms with Gasteiger partial charge in [0, 0.05) is 12.7 Å². The predicted molar refractivity (Wildman–Crippen MR) is 70.1 cm³/mol. The average Bonchev–Trinajstić information content (AvgIpc) is 2.26. The smallest absolute Gasteiger partial charge is 0.328 e. The Balaban J connectivity index is 2.74. The van der Waals surface area contributed by atoms with Crippen molar-refractivity contribution >= 4 is 11.7 Å². The first kappa shape index (κ1) is 14.5. The van der Waals surface area contributed by atoms with Crippen LogP contribution in [-0.2, 0) is 9.53 Å². The van der Waals surface area contributed by atoms with Crippen LogP contribution in [0.25, 0.3) is 0 Å². The molecule has 0 spiro atoms. The molecule has 0 radical (unpaired) electrons. The lowest BCUT2D eigenvalue weighted by Crippen LogP contribution is -2.40. The first-order valence-electron chi connectivity index (χ1n) is 5.92. The molecule has 1 aromatic carbocycles. The molecule has 0 N–H and O–H groups in total. The third kappa shape index (κ3) is 4.02. The molecule has 100 valence electrons. The largest absolute Gasteiger partial charge is 0.458 e. The van der Waals surface area contributed by atoms with E-state index in [4.69, 9.17) is 4.74 Å². The highest BCUT2D eigenvalue weighted by molar-refractivity contribution is 5.79. The highest BCUT2D eigenvalue weighted by atomic mass is 19.1. The molecule has 3 nitrogen and oxygen atoms in total. The summed E-state index contributed by atoms with van der Waals surface area (Å²) < 4.78 is 18.1. The Bertz CT molecular complexity index is 409. The van der Waals surface area contributed by atoms with Crippen LogP contribution in [0.1, 0.15) is 27.7 Å². The van der Waals surface area contributed by atoms with Gasteiger partial charge in [0.15, 0.2) is 0 Å². The van der Waals surface area contributed by atoms with E-state index >= 15 is 0 Å². The van der Waals surface area contributed by atoms with Gasteiger partial charge < -0.3 is 9.64 Å². The molecule has 0 heterocycles. The summed E-state index contributed by atoms with van der Waals surface area (Å²) in [5.41, 5.74) is 0.268. The predicted octanol–water partition coefficient (Wildman–Crippen LogP) is 2.99. The Hall–Kier alpha value is -1.58. The molecule has 4 heteroatoms. The van der Waals surface area contributed by atoms with Crippen molar-refractivity contribution in [1.29, 1.82) is 0 Å². The van der Waals surface area contributed by atoms with E-state index in [2.05, 4.69) is 0 Å². The van der Waals surface area contributed by atoms with Crippen molar-refractivity contribution in [2.24, 2.45) is 0 Å². The van der Waals surface area contributed by atoms with Crippen molar-refractivity contribution in [3.63, 3.8) is 0 Å². The average molecular weight is 253 g/mol. The maximum atomic E-state index is 12.8. The lowest BCUT2D eigenvalue weighted by Gasteiger charge is -2.28. The van der Waals surface area contributed by atoms with Gasteiger partial charge in [-0.25, -0.2) is 9.18 Å². The molecule has 0 saturated heterocycles. The minimum atomic E-state index is -0.505. The van der Waals surface area contributed by atoms with Crippen molar-refractivity contribution in [2.75, 3.05) is 11.9 Å². The number of esters is 1. The molecule has 0 bridgehead atoms. The second-order valence-corrected chi connectivity index (χ2v) is 5.30. The van der Waals surface area contributed by atoms with Gasteiger partial charge in [-0.3, -0.25) is 0 Å². The van der Waals surface area contributed by atoms with E-state index in [1.807, 2.05) is 20.8 Å². The molecular formula is C14H20FNO2. The summed E-state index contributed by atoms with van der Waals surface area (Å²) in [6.45, 7) is 7.25. The van der Waals surface area contributed by atoms with Crippen LogP contribution in [0.15, 0.2) is 24.3 Å². The van der Waals surface area contributed by atoms with Crippen LogP contribution in [0.2, 0.25) is 0 Å². The number of hydrogen-bond donors (Lipinski definition) is 0. The van der Waals surface area contributed by atoms with Crippen LogP contribution in [0.5, 0.6) is 0 Å². The Kier molecular flexibility index (Phi) is 4.33. The first-order valence-corrected chi connectivity index (χ1v) is 5.92. The van der Waals surface area contributed by atoms with Crippen molar-refractivity contribution in [3.05, 3.63) is 30.1 Å². The zero-order chi connectivity index (χ0) is 13.9. The van der Waals surface area contributed by atoms with Gasteiger partial charge in [0.25, 0.3) is 0 Å². The lowest BCUT2D eigenvalue weighted by molar-refractivity contribution is -0.155. The van der Waals surface area contributed by atoms with Crippen molar-refractivity contribution < 1.29 is 13.9 Å². The lowest BCUT2D eigenvalue weighted by atomic mass is 10.2. The van der Waals surface area contributed by atoms with Crippen molar-refractivity contribution in [1.82, 2.24) is 0 Å². The van der Waals surface area contributed by atoms with Crippen molar-refractivity contribution in [3.8, 4) is 0 Å². The van der Waals surface area contributed by atoms with E-state index < -0.39 is 11.6 Å². The number of anilines is 1. The van der Waals surface area contributed by atoms with Gasteiger partial charge in [-0.2, -0.15) is 0 Å². The second-order valence-electron chi connectivity index (χ2n) is 5.30. The molecule has 0 aliphatic carbocycles. The molecule has 18 heavy (non-hydrogen) atoms. The maximum absolute atomic E-state index is 12.8. The Morgan fingerprint density at radius 1 is 1.28 bits per heavy atom. The Labute approximate surface area is 108 Å². The van der Waals surface area contributed by atoms with Crippen LogP contribution in [-0.4, -0.2) is 24.7 Å². The SMILES string of the molecule is CC(C(=O)OC(C)(C)C)N(C)c1ccc(F)cc1. The van der Waals surface area contributed by atoms with Crippen molar-refractivity contribution in [2.45, 2.75) is 39.3 Å². The maximum Gasteiger partial charge on any atom is 0.328 e. The number of halogens is 1. The zero-order valence-electron chi connectivity index (χ0n) is 11.5. The van der Waals surface area contributed by atoms with E-state index in [1.54, 1.807) is 31.0 Å². The number of carbonyl (C=O) groups excluding carboxylic acids is 1. The fourth-order valence-corrected chi connectivity index (χ4v) is 1.45. The summed E-state index contributed by atoms with van der Waals surface area (Å²) in [6.07, 6.45) is 0. The topological polar surface area (TPSA) is 29.5 Å². The number of likely N-dealkylation sites (N-methyl/N-ethyl adjacent to an activating group) is 1. The summed E-state index contributed by atoms with van der Waals surface area (Å²) in [6, 6.07) is 5.59. The fourth-order valence-electron chi connectivity index (χ4n) is 1.45. The quantitative estimate of drug-likeness (QED) is 0.776. The van der Waals surface area contributed by atoms with Gasteiger partial charge >= 0.3 is 5.97 Å². The molecule has 0 fully saturated rings. The third-order valence-corrected chi connectivity index (χ3v) is 2.56. The van der Waals surface area contributed by atoms with E-state index in [-0.39, 0.29) is 11.8 Å². The van der Waals surface area contributed by atoms with Gasteiger partial charge in [-0.1, -0.05) is 0 Å². The van der Waals surface area contributed by atoms with Gasteiger partial charge in [-0.15, -0.1) is 0 Å². The van der Waals surface area contributed by atoms with E-state index in [0.717, 1.165) is 5.69 Å². The summed E-state index contributed by atoms with van der Waals surface area (Å²) in [4.78, 5) is 13.7. The van der Waals surface area contributed by atoms with Crippen LogP contribution >= 0.6 is 0 Å². The molecule has 0 aliphatic rings. The van der Waals surface area contributed by atoms with E-state index in [9.17, 15) is 9.18 Å². The summed E-state index contributed by atoms with van der Waals surface area (Å²) in [5, 5.41) is 0. The van der Waals surface area contributed by atoms with E-state index in [1.165, 1.54) is 12.1 Å². The number of ether oxygens (including phenoxy) is 1. The standard InChI is InChI=1S/C14H20FNO2/c1-10(13(17)18-14(2,3)4)16(5)12-8-6-11(15)7-9-12/h6-10H,1-5H3. The molecule has 1 rings (SSSR count). The van der Waals surface area contributed by atoms with Gasteiger partial charge in [0.2, 0.25) is 0 Å². The van der Waals surface area contributed by atoms with Crippen LogP contribution in [0.4, 0.5) is 10.1 Å². The van der Waals surface area contributed by atoms with Gasteiger partial charge in [-0.05, 0) is 52.0 Å². The number of nitrogens with zero attached hydrogens (tertiary/aromatic N) is 1. The first-order chi connectivity index (χ1) is 8.20. The normalized spacial score (nSPS) is 13.0. The molecular weight excluding hydrogens is 233 g/mol. The molecule has 1 unspecified atom stereocenters. The zero-order valence-corrected chi connectivity index (χ0v) is 11.5. The van der Waals surface area contributed by atoms with E-state index in [0.29, 0.717) is 0 Å². The number of carbonyl (C=O) groups is 1. The molecule has 0 amide bonds. The van der Waals surface area contributed by atoms with Crippen LogP contribution < -0.4 is 4.90 Å². The summed E-state index contributed by atoms with van der Waals surface area (Å²) in [7, 11) is 1.78. The minimum absolute atomic E-state index is 0.294. The second kappa shape index (κ2) is 5.38. The van der Waals surface area contributed by atoms with Crippen LogP contribution in [0.3, 0.4) is 0 Å². The fraction of sp³-hybridized carbons (Fsp3) is 0.500. The Morgan fingerprint density at radius 3 is 2.22 bits per heavy atom. The minimum Gasteiger partial charge on any atom is -0.458 e. The molecule has 1 atom stereocenters. The third-order valence-electron chi connectivity index (χ3n) is 2.56. The molecule has 0 aromatic heterocycles. The van der Waals surface area contributed by atoms with Gasteiger partial charge in [0.05, 0.1) is 0 Å². The summed E-state index contributed by atoms with van der Waals surface area (Å²) in [5.74, 6) is -0.591.